The van der Waals surface area contributed by atoms with E-state index in [-0.39, 0.29) is 0 Å². The van der Waals surface area contributed by atoms with Crippen LogP contribution in [0.15, 0.2) is 18.2 Å². The number of nitrogen functional groups attached to an aromatic ring is 1. The second-order valence-electron chi connectivity index (χ2n) is 4.92. The molecular weight excluding hydrogens is 194 g/mol. The molecule has 0 radical (unpaired) electrons. The smallest absolute Gasteiger partial charge is 0.0320 e. The van der Waals surface area contributed by atoms with Gasteiger partial charge in [-0.15, -0.1) is 0 Å². The zero-order valence-corrected chi connectivity index (χ0v) is 10.5. The van der Waals surface area contributed by atoms with Crippen LogP contribution in [0.1, 0.15) is 56.2 Å². The first-order valence-corrected chi connectivity index (χ1v) is 6.25. The predicted molar refractivity (Wildman–Crippen MR) is 71.5 cm³/mol. The highest BCUT2D eigenvalue weighted by Crippen LogP contribution is 2.36. The second kappa shape index (κ2) is 4.32. The van der Waals surface area contributed by atoms with Crippen molar-refractivity contribution < 1.29 is 0 Å². The van der Waals surface area contributed by atoms with E-state index in [1.807, 2.05) is 0 Å². The third-order valence-corrected chi connectivity index (χ3v) is 3.40. The monoisotopic (exact) mass is 215 g/mol. The topological polar surface area (TPSA) is 26.0 Å². The lowest BCUT2D eigenvalue weighted by molar-refractivity contribution is 0.847. The van der Waals surface area contributed by atoms with Crippen LogP contribution in [-0.4, -0.2) is 0 Å². The molecule has 1 nitrogen and oxygen atoms in total. The molecule has 0 atom stereocenters. The Labute approximate surface area is 98.4 Å². The number of hydrogen-bond donors (Lipinski definition) is 1. The fraction of sp³-hybridized carbons (Fsp3) is 0.467. The van der Waals surface area contributed by atoms with Gasteiger partial charge < -0.3 is 5.73 Å². The lowest BCUT2D eigenvalue weighted by Gasteiger charge is -2.23. The molecule has 1 aliphatic carbocycles. The first-order chi connectivity index (χ1) is 7.63. The van der Waals surface area contributed by atoms with Gasteiger partial charge in [-0.2, -0.15) is 0 Å². The SMILES string of the molecule is CCC1=CCCc2cc(N)cc(C(C)C)c21. The normalized spacial score (nSPS) is 14.9. The molecule has 2 N–H and O–H groups in total. The molecule has 0 fully saturated rings. The van der Waals surface area contributed by atoms with E-state index in [2.05, 4.69) is 39.0 Å². The molecule has 2 rings (SSSR count). The Bertz CT molecular complexity index is 427. The van der Waals surface area contributed by atoms with E-state index < -0.39 is 0 Å². The molecule has 1 aromatic carbocycles. The first kappa shape index (κ1) is 11.3. The van der Waals surface area contributed by atoms with Gasteiger partial charge in [-0.25, -0.2) is 0 Å². The summed E-state index contributed by atoms with van der Waals surface area (Å²) in [7, 11) is 0. The van der Waals surface area contributed by atoms with Crippen molar-refractivity contribution in [2.24, 2.45) is 0 Å². The Morgan fingerprint density at radius 2 is 2.06 bits per heavy atom. The molecule has 0 unspecified atom stereocenters. The summed E-state index contributed by atoms with van der Waals surface area (Å²) in [5.74, 6) is 0.547. The third kappa shape index (κ3) is 1.87. The number of anilines is 1. The van der Waals surface area contributed by atoms with Crippen LogP contribution in [0.2, 0.25) is 0 Å². The summed E-state index contributed by atoms with van der Waals surface area (Å²) in [6.07, 6.45) is 5.82. The molecule has 0 aromatic heterocycles. The van der Waals surface area contributed by atoms with Crippen LogP contribution in [0.4, 0.5) is 5.69 Å². The third-order valence-electron chi connectivity index (χ3n) is 3.40. The van der Waals surface area contributed by atoms with Crippen molar-refractivity contribution in [1.82, 2.24) is 0 Å². The molecule has 0 amide bonds. The van der Waals surface area contributed by atoms with Crippen LogP contribution in [0.3, 0.4) is 0 Å². The van der Waals surface area contributed by atoms with Gasteiger partial charge in [0.25, 0.3) is 0 Å². The maximum Gasteiger partial charge on any atom is 0.0320 e. The van der Waals surface area contributed by atoms with Crippen molar-refractivity contribution in [3.63, 3.8) is 0 Å². The van der Waals surface area contributed by atoms with Crippen molar-refractivity contribution >= 4 is 11.3 Å². The van der Waals surface area contributed by atoms with Gasteiger partial charge >= 0.3 is 0 Å². The molecule has 1 aliphatic rings. The summed E-state index contributed by atoms with van der Waals surface area (Å²) in [6, 6.07) is 4.31. The Hall–Kier alpha value is -1.24. The summed E-state index contributed by atoms with van der Waals surface area (Å²) in [4.78, 5) is 0. The van der Waals surface area contributed by atoms with Crippen molar-refractivity contribution in [2.75, 3.05) is 5.73 Å². The molecule has 0 saturated carbocycles. The molecule has 1 heteroatoms. The van der Waals surface area contributed by atoms with Crippen LogP contribution in [0.5, 0.6) is 0 Å². The first-order valence-electron chi connectivity index (χ1n) is 6.25. The van der Waals surface area contributed by atoms with E-state index >= 15 is 0 Å². The summed E-state index contributed by atoms with van der Waals surface area (Å²) >= 11 is 0. The molecule has 0 bridgehead atoms. The van der Waals surface area contributed by atoms with Crippen LogP contribution >= 0.6 is 0 Å². The summed E-state index contributed by atoms with van der Waals surface area (Å²) in [6.45, 7) is 6.73. The van der Waals surface area contributed by atoms with Gasteiger partial charge in [0.1, 0.15) is 0 Å². The second-order valence-corrected chi connectivity index (χ2v) is 4.92. The maximum absolute atomic E-state index is 5.99. The van der Waals surface area contributed by atoms with Crippen LogP contribution in [-0.2, 0) is 6.42 Å². The number of rotatable bonds is 2. The number of hydrogen-bond acceptors (Lipinski definition) is 1. The summed E-state index contributed by atoms with van der Waals surface area (Å²) < 4.78 is 0. The molecule has 0 saturated heterocycles. The molecule has 0 spiro atoms. The zero-order valence-electron chi connectivity index (χ0n) is 10.5. The fourth-order valence-electron chi connectivity index (χ4n) is 2.62. The van der Waals surface area contributed by atoms with Crippen molar-refractivity contribution in [3.8, 4) is 0 Å². The molecule has 86 valence electrons. The van der Waals surface area contributed by atoms with Gasteiger partial charge in [0.2, 0.25) is 0 Å². The average Bonchev–Trinajstić information content (AvgIpc) is 2.26. The van der Waals surface area contributed by atoms with Gasteiger partial charge in [-0.3, -0.25) is 0 Å². The molecule has 0 aliphatic heterocycles. The zero-order chi connectivity index (χ0) is 11.7. The number of fused-ring (bicyclic) bond motifs is 1. The van der Waals surface area contributed by atoms with E-state index in [9.17, 15) is 0 Å². The lowest BCUT2D eigenvalue weighted by atomic mass is 9.82. The quantitative estimate of drug-likeness (QED) is 0.737. The minimum atomic E-state index is 0.547. The number of aryl methyl sites for hydroxylation is 1. The highest BCUT2D eigenvalue weighted by Gasteiger charge is 2.17. The number of nitrogens with two attached hydrogens (primary N) is 1. The largest absolute Gasteiger partial charge is 0.399 e. The van der Waals surface area contributed by atoms with Gasteiger partial charge in [0.05, 0.1) is 0 Å². The molecule has 0 heterocycles. The summed E-state index contributed by atoms with van der Waals surface area (Å²) in [5, 5.41) is 0. The Morgan fingerprint density at radius 1 is 1.31 bits per heavy atom. The highest BCUT2D eigenvalue weighted by molar-refractivity contribution is 5.75. The molecule has 16 heavy (non-hydrogen) atoms. The van der Waals surface area contributed by atoms with Crippen LogP contribution < -0.4 is 5.73 Å². The predicted octanol–water partition coefficient (Wildman–Crippen LogP) is 4.13. The number of allylic oxidation sites excluding steroid dienone is 2. The fourth-order valence-corrected chi connectivity index (χ4v) is 2.62. The van der Waals surface area contributed by atoms with Crippen LogP contribution in [0.25, 0.3) is 5.57 Å². The minimum absolute atomic E-state index is 0.547. The molecule has 1 aromatic rings. The van der Waals surface area contributed by atoms with Gasteiger partial charge in [-0.1, -0.05) is 26.8 Å². The standard InChI is InChI=1S/C15H21N/c1-4-11-6-5-7-12-8-13(16)9-14(10(2)3)15(11)12/h6,8-10H,4-5,7,16H2,1-3H3. The Kier molecular flexibility index (Phi) is 3.04. The lowest BCUT2D eigenvalue weighted by Crippen LogP contribution is -2.06. The highest BCUT2D eigenvalue weighted by atomic mass is 14.5. The van der Waals surface area contributed by atoms with Crippen LogP contribution in [0, 0.1) is 0 Å². The Morgan fingerprint density at radius 3 is 2.69 bits per heavy atom. The van der Waals surface area contributed by atoms with Crippen molar-refractivity contribution in [2.45, 2.75) is 46.0 Å². The van der Waals surface area contributed by atoms with Gasteiger partial charge in [0, 0.05) is 5.69 Å². The average molecular weight is 215 g/mol. The van der Waals surface area contributed by atoms with E-state index in [4.69, 9.17) is 5.73 Å². The Balaban J connectivity index is 2.63. The van der Waals surface area contributed by atoms with E-state index in [0.717, 1.165) is 24.9 Å². The van der Waals surface area contributed by atoms with Crippen molar-refractivity contribution in [1.29, 1.82) is 0 Å². The van der Waals surface area contributed by atoms with Gasteiger partial charge in [-0.05, 0) is 59.6 Å². The van der Waals surface area contributed by atoms with E-state index in [0.29, 0.717) is 5.92 Å². The number of benzene rings is 1. The van der Waals surface area contributed by atoms with E-state index in [1.54, 1.807) is 0 Å². The molecular formula is C15H21N. The van der Waals surface area contributed by atoms with Gasteiger partial charge in [0.15, 0.2) is 0 Å². The minimum Gasteiger partial charge on any atom is -0.399 e. The van der Waals surface area contributed by atoms with E-state index in [1.165, 1.54) is 22.3 Å². The maximum atomic E-state index is 5.99. The summed E-state index contributed by atoms with van der Waals surface area (Å²) in [5.41, 5.74) is 12.8. The van der Waals surface area contributed by atoms with Crippen molar-refractivity contribution in [3.05, 3.63) is 34.9 Å².